The Bertz CT molecular complexity index is 615. The Kier molecular flexibility index (Phi) is 4.74. The lowest BCUT2D eigenvalue weighted by molar-refractivity contribution is 0.0742. The van der Waals surface area contributed by atoms with Crippen molar-refractivity contribution in [2.24, 2.45) is 5.92 Å². The molecule has 0 radical (unpaired) electrons. The van der Waals surface area contributed by atoms with E-state index in [1.54, 1.807) is 24.1 Å². The van der Waals surface area contributed by atoms with Gasteiger partial charge in [-0.1, -0.05) is 0 Å². The largest absolute Gasteiger partial charge is 0.379 e. The molecule has 22 heavy (non-hydrogen) atoms. The topological polar surface area (TPSA) is 68.2 Å². The van der Waals surface area contributed by atoms with Crippen molar-refractivity contribution in [2.45, 2.75) is 13.3 Å². The number of aryl methyl sites for hydroxylation is 1. The first-order valence-electron chi connectivity index (χ1n) is 7.25. The Morgan fingerprint density at radius 2 is 2.32 bits per heavy atom. The monoisotopic (exact) mass is 318 g/mol. The molecule has 3 rings (SSSR count). The molecule has 6 nitrogen and oxygen atoms in total. The molecule has 116 valence electrons. The summed E-state index contributed by atoms with van der Waals surface area (Å²) >= 11 is 1.37. The van der Waals surface area contributed by atoms with E-state index in [0.29, 0.717) is 31.2 Å². The number of hydrogen-bond acceptors (Lipinski definition) is 6. The van der Waals surface area contributed by atoms with E-state index in [4.69, 9.17) is 4.74 Å². The van der Waals surface area contributed by atoms with E-state index >= 15 is 0 Å². The summed E-state index contributed by atoms with van der Waals surface area (Å²) in [6.07, 6.45) is 5.96. The highest BCUT2D eigenvalue weighted by Crippen LogP contribution is 2.16. The maximum Gasteiger partial charge on any atom is 0.265 e. The van der Waals surface area contributed by atoms with Gasteiger partial charge >= 0.3 is 0 Å². The van der Waals surface area contributed by atoms with Crippen LogP contribution >= 0.6 is 11.3 Å². The number of aromatic nitrogens is 3. The Balaban J connectivity index is 1.67. The molecule has 2 aromatic heterocycles. The third-order valence-corrected chi connectivity index (χ3v) is 4.36. The lowest BCUT2D eigenvalue weighted by Crippen LogP contribution is -2.36. The third-order valence-electron chi connectivity index (χ3n) is 3.60. The van der Waals surface area contributed by atoms with Crippen molar-refractivity contribution in [3.8, 4) is 0 Å². The number of rotatable bonds is 3. The third kappa shape index (κ3) is 3.66. The molecular weight excluding hydrogens is 300 g/mol. The highest BCUT2D eigenvalue weighted by atomic mass is 32.1. The number of hydrogen-bond donors (Lipinski definition) is 0. The Hall–Kier alpha value is -1.86. The van der Waals surface area contributed by atoms with Gasteiger partial charge in [0.2, 0.25) is 0 Å². The van der Waals surface area contributed by atoms with Gasteiger partial charge in [-0.05, 0) is 13.3 Å². The fourth-order valence-corrected chi connectivity index (χ4v) is 3.07. The van der Waals surface area contributed by atoms with Crippen molar-refractivity contribution in [1.29, 1.82) is 0 Å². The molecule has 1 atom stereocenters. The molecule has 0 spiro atoms. The summed E-state index contributed by atoms with van der Waals surface area (Å²) < 4.78 is 5.65. The van der Waals surface area contributed by atoms with Crippen LogP contribution in [0, 0.1) is 12.8 Å². The zero-order valence-electron chi connectivity index (χ0n) is 12.4. The molecule has 1 amide bonds. The lowest BCUT2D eigenvalue weighted by atomic mass is 10.0. The standard InChI is InChI=1S/C15H18N4O2S/c1-11-5-18-13(6-17-11)4-12-8-19(2-3-21-9-12)15(20)14-7-16-10-22-14/h5-7,10,12H,2-4,8-9H2,1H3. The molecule has 1 unspecified atom stereocenters. The van der Waals surface area contributed by atoms with Crippen LogP contribution in [-0.4, -0.2) is 52.1 Å². The van der Waals surface area contributed by atoms with Crippen molar-refractivity contribution in [3.05, 3.63) is 40.4 Å². The van der Waals surface area contributed by atoms with Gasteiger partial charge in [-0.15, -0.1) is 11.3 Å². The fraction of sp³-hybridized carbons (Fsp3) is 0.467. The molecule has 0 aliphatic carbocycles. The number of carbonyl (C=O) groups excluding carboxylic acids is 1. The van der Waals surface area contributed by atoms with Crippen LogP contribution in [-0.2, 0) is 11.2 Å². The molecule has 0 aromatic carbocycles. The number of thiazole rings is 1. The maximum atomic E-state index is 12.5. The maximum absolute atomic E-state index is 12.5. The lowest BCUT2D eigenvalue weighted by Gasteiger charge is -2.22. The van der Waals surface area contributed by atoms with Gasteiger partial charge < -0.3 is 9.64 Å². The normalized spacial score (nSPS) is 19.0. The summed E-state index contributed by atoms with van der Waals surface area (Å²) in [5, 5.41) is 0. The first kappa shape index (κ1) is 15.1. The molecule has 1 saturated heterocycles. The van der Waals surface area contributed by atoms with Crippen LogP contribution in [0.4, 0.5) is 0 Å². The van der Waals surface area contributed by atoms with Crippen LogP contribution in [0.25, 0.3) is 0 Å². The number of carbonyl (C=O) groups is 1. The molecule has 7 heteroatoms. The van der Waals surface area contributed by atoms with E-state index in [0.717, 1.165) is 17.8 Å². The minimum Gasteiger partial charge on any atom is -0.379 e. The minimum atomic E-state index is 0.0352. The number of ether oxygens (including phenoxy) is 1. The van der Waals surface area contributed by atoms with Crippen LogP contribution < -0.4 is 0 Å². The molecule has 2 aromatic rings. The van der Waals surface area contributed by atoms with E-state index in [9.17, 15) is 4.79 Å². The predicted molar refractivity (Wildman–Crippen MR) is 82.8 cm³/mol. The molecule has 1 aliphatic heterocycles. The van der Waals surface area contributed by atoms with Crippen LogP contribution in [0.15, 0.2) is 24.1 Å². The smallest absolute Gasteiger partial charge is 0.265 e. The Labute approximate surface area is 133 Å². The van der Waals surface area contributed by atoms with Crippen molar-refractivity contribution in [3.63, 3.8) is 0 Å². The highest BCUT2D eigenvalue weighted by Gasteiger charge is 2.24. The molecule has 1 aliphatic rings. The van der Waals surface area contributed by atoms with Gasteiger partial charge in [0, 0.05) is 31.4 Å². The van der Waals surface area contributed by atoms with E-state index in [1.807, 2.05) is 11.8 Å². The molecule has 1 fully saturated rings. The van der Waals surface area contributed by atoms with Crippen molar-refractivity contribution in [2.75, 3.05) is 26.3 Å². The summed E-state index contributed by atoms with van der Waals surface area (Å²) in [5.74, 6) is 0.268. The van der Waals surface area contributed by atoms with E-state index in [1.165, 1.54) is 11.3 Å². The van der Waals surface area contributed by atoms with Gasteiger partial charge in [-0.2, -0.15) is 0 Å². The average molecular weight is 318 g/mol. The zero-order valence-corrected chi connectivity index (χ0v) is 13.3. The van der Waals surface area contributed by atoms with Crippen LogP contribution in [0.3, 0.4) is 0 Å². The van der Waals surface area contributed by atoms with Gasteiger partial charge in [-0.3, -0.25) is 19.7 Å². The summed E-state index contributed by atoms with van der Waals surface area (Å²) in [7, 11) is 0. The molecular formula is C15H18N4O2S. The van der Waals surface area contributed by atoms with Crippen LogP contribution in [0.2, 0.25) is 0 Å². The van der Waals surface area contributed by atoms with E-state index in [2.05, 4.69) is 15.0 Å². The minimum absolute atomic E-state index is 0.0352. The SMILES string of the molecule is Cc1cnc(CC2COCCN(C(=O)c3cncs3)C2)cn1. The first-order chi connectivity index (χ1) is 10.7. The van der Waals surface area contributed by atoms with Crippen molar-refractivity contribution in [1.82, 2.24) is 19.9 Å². The van der Waals surface area contributed by atoms with E-state index in [-0.39, 0.29) is 11.8 Å². The molecule has 0 N–H and O–H groups in total. The second-order valence-electron chi connectivity index (χ2n) is 5.41. The molecule has 3 heterocycles. The van der Waals surface area contributed by atoms with Crippen molar-refractivity contribution < 1.29 is 9.53 Å². The second kappa shape index (κ2) is 6.93. The number of amides is 1. The molecule has 0 saturated carbocycles. The summed E-state index contributed by atoms with van der Waals surface area (Å²) in [4.78, 5) is 27.6. The Morgan fingerprint density at radius 1 is 1.41 bits per heavy atom. The van der Waals surface area contributed by atoms with E-state index < -0.39 is 0 Å². The van der Waals surface area contributed by atoms with Crippen LogP contribution in [0.5, 0.6) is 0 Å². The van der Waals surface area contributed by atoms with Crippen molar-refractivity contribution >= 4 is 17.2 Å². The molecule has 0 bridgehead atoms. The van der Waals surface area contributed by atoms with Gasteiger partial charge in [0.05, 0.1) is 36.3 Å². The zero-order chi connectivity index (χ0) is 15.4. The quantitative estimate of drug-likeness (QED) is 0.859. The predicted octanol–water partition coefficient (Wildman–Crippen LogP) is 1.57. The average Bonchev–Trinajstić information content (AvgIpc) is 2.96. The fourth-order valence-electron chi connectivity index (χ4n) is 2.49. The first-order valence-corrected chi connectivity index (χ1v) is 8.13. The summed E-state index contributed by atoms with van der Waals surface area (Å²) in [6, 6.07) is 0. The highest BCUT2D eigenvalue weighted by molar-refractivity contribution is 7.11. The second-order valence-corrected chi connectivity index (χ2v) is 6.30. The van der Waals surface area contributed by atoms with Gasteiger partial charge in [0.25, 0.3) is 5.91 Å². The number of nitrogens with zero attached hydrogens (tertiary/aromatic N) is 4. The summed E-state index contributed by atoms with van der Waals surface area (Å²) in [5.41, 5.74) is 3.52. The van der Waals surface area contributed by atoms with Gasteiger partial charge in [0.1, 0.15) is 4.88 Å². The van der Waals surface area contributed by atoms with Gasteiger partial charge in [-0.25, -0.2) is 0 Å². The Morgan fingerprint density at radius 3 is 3.05 bits per heavy atom. The van der Waals surface area contributed by atoms with Gasteiger partial charge in [0.15, 0.2) is 0 Å². The van der Waals surface area contributed by atoms with Crippen LogP contribution in [0.1, 0.15) is 21.1 Å². The summed E-state index contributed by atoms with van der Waals surface area (Å²) in [6.45, 7) is 4.42.